The molecule has 0 radical (unpaired) electrons. The van der Waals surface area contributed by atoms with Crippen LogP contribution in [0.15, 0.2) is 12.3 Å². The largest absolute Gasteiger partial charge is 0.472 e. The highest BCUT2D eigenvalue weighted by molar-refractivity contribution is 5.87. The van der Waals surface area contributed by atoms with Crippen LogP contribution in [0.2, 0.25) is 0 Å². The van der Waals surface area contributed by atoms with E-state index < -0.39 is 5.97 Å². The Hall–Kier alpha value is -1.76. The van der Waals surface area contributed by atoms with Crippen LogP contribution in [-0.4, -0.2) is 20.9 Å². The molecule has 0 aliphatic heterocycles. The normalized spacial score (nSPS) is 8.45. The molecule has 0 aliphatic rings. The van der Waals surface area contributed by atoms with Crippen molar-refractivity contribution in [2.45, 2.75) is 0 Å². The minimum absolute atomic E-state index is 0.590. The van der Waals surface area contributed by atoms with Crippen LogP contribution in [0.5, 0.6) is 0 Å². The molecule has 1 heterocycles. The summed E-state index contributed by atoms with van der Waals surface area (Å²) in [5.41, 5.74) is 0.590. The van der Waals surface area contributed by atoms with Crippen LogP contribution in [0, 0.1) is 11.8 Å². The van der Waals surface area contributed by atoms with Crippen molar-refractivity contribution in [1.82, 2.24) is 9.78 Å². The fraction of sp³-hybridized carbons (Fsp3) is 0.143. The minimum Gasteiger partial charge on any atom is -0.472 e. The van der Waals surface area contributed by atoms with Crippen molar-refractivity contribution in [3.8, 4) is 11.8 Å². The van der Waals surface area contributed by atoms with Crippen molar-refractivity contribution in [3.05, 3.63) is 18.0 Å². The zero-order valence-corrected chi connectivity index (χ0v) is 5.90. The van der Waals surface area contributed by atoms with Gasteiger partial charge in [-0.05, 0) is 12.0 Å². The molecule has 4 nitrogen and oxygen atoms in total. The summed E-state index contributed by atoms with van der Waals surface area (Å²) in [7, 11) is 1.70. The van der Waals surface area contributed by atoms with E-state index in [1.807, 2.05) is 5.92 Å². The van der Waals surface area contributed by atoms with Gasteiger partial charge in [-0.3, -0.25) is 4.68 Å². The van der Waals surface area contributed by atoms with E-state index in [-0.39, 0.29) is 0 Å². The van der Waals surface area contributed by atoms with E-state index in [0.29, 0.717) is 5.69 Å². The Balaban J connectivity index is 2.90. The Kier molecular flexibility index (Phi) is 1.93. The molecule has 1 rings (SSSR count). The van der Waals surface area contributed by atoms with Gasteiger partial charge in [0.2, 0.25) is 0 Å². The zero-order chi connectivity index (χ0) is 8.27. The number of carboxylic acid groups (broad SMARTS) is 1. The van der Waals surface area contributed by atoms with Gasteiger partial charge in [0.1, 0.15) is 5.69 Å². The fourth-order valence-electron chi connectivity index (χ4n) is 0.614. The second kappa shape index (κ2) is 2.88. The predicted molar refractivity (Wildman–Crippen MR) is 37.7 cm³/mol. The molecular weight excluding hydrogens is 144 g/mol. The first-order valence-electron chi connectivity index (χ1n) is 2.93. The SMILES string of the molecule is Cn1nccc1C#CC(=O)O. The molecule has 56 valence electrons. The van der Waals surface area contributed by atoms with Crippen LogP contribution >= 0.6 is 0 Å². The molecule has 1 N–H and O–H groups in total. The van der Waals surface area contributed by atoms with E-state index in [9.17, 15) is 4.79 Å². The van der Waals surface area contributed by atoms with Crippen LogP contribution in [-0.2, 0) is 11.8 Å². The van der Waals surface area contributed by atoms with E-state index in [1.165, 1.54) is 4.68 Å². The number of aliphatic carboxylic acids is 1. The summed E-state index contributed by atoms with van der Waals surface area (Å²) in [4.78, 5) is 10.0. The average Bonchev–Trinajstić information content (AvgIpc) is 2.31. The second-order valence-electron chi connectivity index (χ2n) is 1.90. The van der Waals surface area contributed by atoms with E-state index in [0.717, 1.165) is 0 Å². The van der Waals surface area contributed by atoms with Crippen molar-refractivity contribution in [2.75, 3.05) is 0 Å². The molecule has 0 saturated heterocycles. The topological polar surface area (TPSA) is 55.1 Å². The molecular formula is C7H6N2O2. The van der Waals surface area contributed by atoms with Gasteiger partial charge in [0, 0.05) is 13.0 Å². The Labute approximate surface area is 63.5 Å². The van der Waals surface area contributed by atoms with Crippen LogP contribution in [0.1, 0.15) is 5.69 Å². The van der Waals surface area contributed by atoms with Crippen LogP contribution in [0.4, 0.5) is 0 Å². The van der Waals surface area contributed by atoms with Gasteiger partial charge < -0.3 is 5.11 Å². The van der Waals surface area contributed by atoms with E-state index in [4.69, 9.17) is 5.11 Å². The number of rotatable bonds is 0. The third-order valence-electron chi connectivity index (χ3n) is 1.12. The number of hydrogen-bond acceptors (Lipinski definition) is 2. The lowest BCUT2D eigenvalue weighted by molar-refractivity contribution is -0.130. The molecule has 0 saturated carbocycles. The Morgan fingerprint density at radius 1 is 1.82 bits per heavy atom. The number of carboxylic acids is 1. The number of aromatic nitrogens is 2. The molecule has 0 aromatic carbocycles. The standard InChI is InChI=1S/C7H6N2O2/c1-9-6(4-5-8-9)2-3-7(10)11/h4-5H,1H3,(H,10,11). The van der Waals surface area contributed by atoms with Gasteiger partial charge in [-0.2, -0.15) is 5.10 Å². The maximum Gasteiger partial charge on any atom is 0.382 e. The van der Waals surface area contributed by atoms with Crippen molar-refractivity contribution < 1.29 is 9.90 Å². The lowest BCUT2D eigenvalue weighted by Crippen LogP contribution is -1.94. The number of hydrogen-bond donors (Lipinski definition) is 1. The third kappa shape index (κ3) is 1.83. The van der Waals surface area contributed by atoms with E-state index in [2.05, 4.69) is 11.0 Å². The highest BCUT2D eigenvalue weighted by atomic mass is 16.4. The fourth-order valence-corrected chi connectivity index (χ4v) is 0.614. The smallest absolute Gasteiger partial charge is 0.382 e. The monoisotopic (exact) mass is 150 g/mol. The van der Waals surface area contributed by atoms with Gasteiger partial charge in [-0.25, -0.2) is 4.79 Å². The Bertz CT molecular complexity index is 330. The van der Waals surface area contributed by atoms with Gasteiger partial charge in [0.05, 0.1) is 6.20 Å². The van der Waals surface area contributed by atoms with Crippen molar-refractivity contribution in [2.24, 2.45) is 7.05 Å². The Morgan fingerprint density at radius 3 is 3.00 bits per heavy atom. The molecule has 1 aromatic rings. The lowest BCUT2D eigenvalue weighted by atomic mass is 10.4. The summed E-state index contributed by atoms with van der Waals surface area (Å²) >= 11 is 0. The molecule has 0 unspecified atom stereocenters. The Morgan fingerprint density at radius 2 is 2.55 bits per heavy atom. The number of nitrogens with zero attached hydrogens (tertiary/aromatic N) is 2. The highest BCUT2D eigenvalue weighted by Crippen LogP contribution is 1.91. The molecule has 0 atom stereocenters. The van der Waals surface area contributed by atoms with Crippen LogP contribution in [0.25, 0.3) is 0 Å². The molecule has 0 aliphatic carbocycles. The average molecular weight is 150 g/mol. The van der Waals surface area contributed by atoms with Crippen molar-refractivity contribution in [3.63, 3.8) is 0 Å². The molecule has 0 spiro atoms. The first-order chi connectivity index (χ1) is 5.20. The molecule has 0 bridgehead atoms. The maximum absolute atomic E-state index is 10.0. The van der Waals surface area contributed by atoms with Gasteiger partial charge >= 0.3 is 5.97 Å². The summed E-state index contributed by atoms with van der Waals surface area (Å²) < 4.78 is 1.51. The van der Waals surface area contributed by atoms with Gasteiger partial charge in [0.15, 0.2) is 0 Å². The first-order valence-corrected chi connectivity index (χ1v) is 2.93. The van der Waals surface area contributed by atoms with Crippen molar-refractivity contribution >= 4 is 5.97 Å². The number of carbonyl (C=O) groups is 1. The summed E-state index contributed by atoms with van der Waals surface area (Å²) in [6.45, 7) is 0. The predicted octanol–water partition coefficient (Wildman–Crippen LogP) is -0.144. The van der Waals surface area contributed by atoms with E-state index in [1.54, 1.807) is 19.3 Å². The summed E-state index contributed by atoms with van der Waals surface area (Å²) in [5.74, 6) is 3.30. The van der Waals surface area contributed by atoms with Crippen LogP contribution in [0.3, 0.4) is 0 Å². The molecule has 0 amide bonds. The van der Waals surface area contributed by atoms with Gasteiger partial charge in [-0.15, -0.1) is 0 Å². The molecule has 0 fully saturated rings. The van der Waals surface area contributed by atoms with Crippen LogP contribution < -0.4 is 0 Å². The molecule has 4 heteroatoms. The van der Waals surface area contributed by atoms with Gasteiger partial charge in [0.25, 0.3) is 0 Å². The molecule has 1 aromatic heterocycles. The van der Waals surface area contributed by atoms with Gasteiger partial charge in [-0.1, -0.05) is 0 Å². The third-order valence-corrected chi connectivity index (χ3v) is 1.12. The quantitative estimate of drug-likeness (QED) is 0.523. The summed E-state index contributed by atoms with van der Waals surface area (Å²) in [6.07, 6.45) is 1.56. The zero-order valence-electron chi connectivity index (χ0n) is 5.90. The summed E-state index contributed by atoms with van der Waals surface area (Å²) in [6, 6.07) is 1.65. The minimum atomic E-state index is -1.13. The lowest BCUT2D eigenvalue weighted by Gasteiger charge is -1.87. The highest BCUT2D eigenvalue weighted by Gasteiger charge is 1.91. The second-order valence-corrected chi connectivity index (χ2v) is 1.90. The van der Waals surface area contributed by atoms with Crippen molar-refractivity contribution in [1.29, 1.82) is 0 Å². The van der Waals surface area contributed by atoms with E-state index >= 15 is 0 Å². The molecule has 11 heavy (non-hydrogen) atoms. The maximum atomic E-state index is 10.0. The summed E-state index contributed by atoms with van der Waals surface area (Å²) in [5, 5.41) is 12.0. The first kappa shape index (κ1) is 7.35. The number of aryl methyl sites for hydroxylation is 1.